The van der Waals surface area contributed by atoms with E-state index in [0.717, 1.165) is 23.3 Å². The fraction of sp³-hybridized carbons (Fsp3) is 0.385. The molecule has 0 radical (unpaired) electrons. The quantitative estimate of drug-likeness (QED) is 0.896. The monoisotopic (exact) mass is 295 g/mol. The van der Waals surface area contributed by atoms with E-state index in [-0.39, 0.29) is 11.8 Å². The third-order valence-corrected chi connectivity index (χ3v) is 4.60. The van der Waals surface area contributed by atoms with Gasteiger partial charge < -0.3 is 10.6 Å². The van der Waals surface area contributed by atoms with Crippen LogP contribution in [0.15, 0.2) is 18.2 Å². The van der Waals surface area contributed by atoms with Crippen molar-refractivity contribution < 1.29 is 4.79 Å². The lowest BCUT2D eigenvalue weighted by atomic mass is 9.97. The third kappa shape index (κ3) is 2.59. The van der Waals surface area contributed by atoms with E-state index in [1.165, 1.54) is 11.3 Å². The average Bonchev–Trinajstić information content (AvgIpc) is 2.94. The molecule has 0 spiro atoms. The van der Waals surface area contributed by atoms with E-state index in [4.69, 9.17) is 11.6 Å². The number of nitrogens with zero attached hydrogens (tertiary/aromatic N) is 1. The van der Waals surface area contributed by atoms with Crippen LogP contribution in [0.25, 0.3) is 10.2 Å². The summed E-state index contributed by atoms with van der Waals surface area (Å²) in [5, 5.41) is 7.46. The van der Waals surface area contributed by atoms with Crippen LogP contribution in [0.1, 0.15) is 6.92 Å². The van der Waals surface area contributed by atoms with Gasteiger partial charge in [-0.1, -0.05) is 29.9 Å². The molecule has 1 aliphatic rings. The lowest BCUT2D eigenvalue weighted by Crippen LogP contribution is -2.27. The van der Waals surface area contributed by atoms with Gasteiger partial charge in [-0.3, -0.25) is 4.79 Å². The van der Waals surface area contributed by atoms with Crippen LogP contribution in [-0.4, -0.2) is 24.0 Å². The summed E-state index contributed by atoms with van der Waals surface area (Å²) >= 11 is 7.39. The van der Waals surface area contributed by atoms with Crippen LogP contribution in [-0.2, 0) is 4.79 Å². The van der Waals surface area contributed by atoms with Crippen molar-refractivity contribution in [3.8, 4) is 0 Å². The lowest BCUT2D eigenvalue weighted by molar-refractivity contribution is -0.120. The first-order chi connectivity index (χ1) is 9.13. The third-order valence-electron chi connectivity index (χ3n) is 3.43. The maximum absolute atomic E-state index is 12.2. The molecule has 100 valence electrons. The number of anilines is 1. The van der Waals surface area contributed by atoms with Gasteiger partial charge in [0.25, 0.3) is 0 Å². The number of hydrogen-bond acceptors (Lipinski definition) is 4. The molecule has 0 aliphatic carbocycles. The molecule has 2 heterocycles. The van der Waals surface area contributed by atoms with E-state index >= 15 is 0 Å². The van der Waals surface area contributed by atoms with Gasteiger partial charge in [0, 0.05) is 11.6 Å². The zero-order valence-corrected chi connectivity index (χ0v) is 12.0. The molecule has 2 atom stereocenters. The highest BCUT2D eigenvalue weighted by molar-refractivity contribution is 7.22. The van der Waals surface area contributed by atoms with E-state index < -0.39 is 0 Å². The second kappa shape index (κ2) is 5.07. The summed E-state index contributed by atoms with van der Waals surface area (Å²) in [7, 11) is 0. The Bertz CT molecular complexity index is 627. The van der Waals surface area contributed by atoms with Crippen LogP contribution in [0.5, 0.6) is 0 Å². The predicted octanol–water partition coefficient (Wildman–Crippen LogP) is 2.74. The number of hydrogen-bond donors (Lipinski definition) is 2. The summed E-state index contributed by atoms with van der Waals surface area (Å²) in [4.78, 5) is 16.6. The van der Waals surface area contributed by atoms with Crippen molar-refractivity contribution in [2.24, 2.45) is 11.8 Å². The number of rotatable bonds is 2. The number of thiazole rings is 1. The molecule has 1 saturated heterocycles. The Kier molecular flexibility index (Phi) is 3.43. The summed E-state index contributed by atoms with van der Waals surface area (Å²) < 4.78 is 0.986. The Labute approximate surface area is 120 Å². The van der Waals surface area contributed by atoms with Gasteiger partial charge in [0.2, 0.25) is 5.91 Å². The molecule has 2 N–H and O–H groups in total. The van der Waals surface area contributed by atoms with E-state index in [9.17, 15) is 4.79 Å². The van der Waals surface area contributed by atoms with Crippen molar-refractivity contribution in [2.45, 2.75) is 6.92 Å². The Hall–Kier alpha value is -1.17. The van der Waals surface area contributed by atoms with E-state index in [1.807, 2.05) is 12.1 Å². The highest BCUT2D eigenvalue weighted by atomic mass is 35.5. The molecule has 1 aromatic carbocycles. The number of carbonyl (C=O) groups is 1. The molecular weight excluding hydrogens is 282 g/mol. The minimum Gasteiger partial charge on any atom is -0.316 e. The van der Waals surface area contributed by atoms with E-state index in [2.05, 4.69) is 22.5 Å². The largest absolute Gasteiger partial charge is 0.316 e. The molecule has 6 heteroatoms. The molecule has 1 aliphatic heterocycles. The van der Waals surface area contributed by atoms with Gasteiger partial charge in [0.1, 0.15) is 0 Å². The van der Waals surface area contributed by atoms with Crippen LogP contribution >= 0.6 is 22.9 Å². The average molecular weight is 296 g/mol. The molecule has 0 bridgehead atoms. The van der Waals surface area contributed by atoms with Gasteiger partial charge in [0.05, 0.1) is 16.1 Å². The van der Waals surface area contributed by atoms with Crippen molar-refractivity contribution >= 4 is 44.2 Å². The molecule has 1 amide bonds. The molecular formula is C13H14ClN3OS. The number of carbonyl (C=O) groups excluding carboxylic acids is 1. The van der Waals surface area contributed by atoms with Gasteiger partial charge in [-0.2, -0.15) is 0 Å². The summed E-state index contributed by atoms with van der Waals surface area (Å²) in [5.74, 6) is 0.432. The summed E-state index contributed by atoms with van der Waals surface area (Å²) in [6.45, 7) is 3.72. The molecule has 2 aromatic rings. The summed E-state index contributed by atoms with van der Waals surface area (Å²) in [6.07, 6.45) is 0. The number of fused-ring (bicyclic) bond motifs is 1. The fourth-order valence-corrected chi connectivity index (χ4v) is 3.46. The Morgan fingerprint density at radius 2 is 2.37 bits per heavy atom. The first kappa shape index (κ1) is 12.8. The highest BCUT2D eigenvalue weighted by Gasteiger charge is 2.29. The Morgan fingerprint density at radius 3 is 3.11 bits per heavy atom. The second-order valence-corrected chi connectivity index (χ2v) is 6.33. The summed E-state index contributed by atoms with van der Waals surface area (Å²) in [5.41, 5.74) is 0.863. The van der Waals surface area contributed by atoms with Gasteiger partial charge >= 0.3 is 0 Å². The molecule has 1 aromatic heterocycles. The van der Waals surface area contributed by atoms with Gasteiger partial charge in [0.15, 0.2) is 5.13 Å². The first-order valence-corrected chi connectivity index (χ1v) is 7.40. The minimum absolute atomic E-state index is 0.0237. The van der Waals surface area contributed by atoms with Gasteiger partial charge in [-0.05, 0) is 30.7 Å². The topological polar surface area (TPSA) is 54.0 Å². The highest BCUT2D eigenvalue weighted by Crippen LogP contribution is 2.29. The smallest absolute Gasteiger partial charge is 0.230 e. The van der Waals surface area contributed by atoms with E-state index in [0.29, 0.717) is 16.1 Å². The normalized spacial score (nSPS) is 22.8. The van der Waals surface area contributed by atoms with Crippen molar-refractivity contribution in [1.82, 2.24) is 10.3 Å². The number of benzene rings is 1. The van der Waals surface area contributed by atoms with Crippen molar-refractivity contribution in [3.63, 3.8) is 0 Å². The maximum atomic E-state index is 12.2. The number of nitrogens with one attached hydrogen (secondary N) is 2. The fourth-order valence-electron chi connectivity index (χ4n) is 2.31. The first-order valence-electron chi connectivity index (χ1n) is 6.21. The van der Waals surface area contributed by atoms with Crippen LogP contribution < -0.4 is 10.6 Å². The van der Waals surface area contributed by atoms with Crippen molar-refractivity contribution in [2.75, 3.05) is 18.4 Å². The molecule has 0 saturated carbocycles. The van der Waals surface area contributed by atoms with Crippen LogP contribution in [0.2, 0.25) is 5.02 Å². The van der Waals surface area contributed by atoms with E-state index in [1.54, 1.807) is 6.07 Å². The van der Waals surface area contributed by atoms with Crippen LogP contribution in [0.4, 0.5) is 5.13 Å². The molecule has 1 fully saturated rings. The maximum Gasteiger partial charge on any atom is 0.230 e. The van der Waals surface area contributed by atoms with Crippen LogP contribution in [0.3, 0.4) is 0 Å². The summed E-state index contributed by atoms with van der Waals surface area (Å²) in [6, 6.07) is 5.53. The van der Waals surface area contributed by atoms with Crippen molar-refractivity contribution in [3.05, 3.63) is 23.2 Å². The second-order valence-electron chi connectivity index (χ2n) is 4.86. The molecule has 4 nitrogen and oxygen atoms in total. The van der Waals surface area contributed by atoms with Gasteiger partial charge in [-0.25, -0.2) is 4.98 Å². The zero-order valence-electron chi connectivity index (χ0n) is 10.4. The van der Waals surface area contributed by atoms with Crippen LogP contribution in [0, 0.1) is 11.8 Å². The molecule has 3 rings (SSSR count). The molecule has 0 unspecified atom stereocenters. The Balaban J connectivity index is 1.79. The lowest BCUT2D eigenvalue weighted by Gasteiger charge is -2.12. The number of aromatic nitrogens is 1. The molecule has 19 heavy (non-hydrogen) atoms. The number of amides is 1. The Morgan fingerprint density at radius 1 is 1.53 bits per heavy atom. The minimum atomic E-state index is 0.0237. The van der Waals surface area contributed by atoms with Gasteiger partial charge in [-0.15, -0.1) is 0 Å². The number of halogens is 1. The standard InChI is InChI=1S/C13H14ClN3OS/c1-7-5-15-6-9(7)12(18)17-13-16-10-3-2-8(14)4-11(10)19-13/h2-4,7,9,15H,5-6H2,1H3,(H,16,17,18)/t7-,9-/m1/s1. The SMILES string of the molecule is C[C@@H]1CNC[C@H]1C(=O)Nc1nc2ccc(Cl)cc2s1. The van der Waals surface area contributed by atoms with Crippen molar-refractivity contribution in [1.29, 1.82) is 0 Å². The zero-order chi connectivity index (χ0) is 13.4. The predicted molar refractivity (Wildman–Crippen MR) is 78.8 cm³/mol.